The zero-order valence-corrected chi connectivity index (χ0v) is 14.2. The number of fused-ring (bicyclic) bond motifs is 1. The second-order valence-corrected chi connectivity index (χ2v) is 6.00. The van der Waals surface area contributed by atoms with Crippen LogP contribution in [0.2, 0.25) is 0 Å². The Bertz CT molecular complexity index is 1090. The van der Waals surface area contributed by atoms with E-state index in [2.05, 4.69) is 30.8 Å². The van der Waals surface area contributed by atoms with Gasteiger partial charge in [-0.05, 0) is 25.1 Å². The SMILES string of the molecule is Cc1ncncc1C(=O)Nc1nc2ccc(NN=C(C#N)C#N)cc2s1. The molecule has 0 bridgehead atoms. The van der Waals surface area contributed by atoms with Crippen molar-refractivity contribution >= 4 is 44.0 Å². The van der Waals surface area contributed by atoms with Crippen LogP contribution in [0.4, 0.5) is 10.8 Å². The molecule has 0 unspecified atom stereocenters. The number of hydrazone groups is 1. The van der Waals surface area contributed by atoms with E-state index in [1.807, 2.05) is 0 Å². The first kappa shape index (κ1) is 17.0. The summed E-state index contributed by atoms with van der Waals surface area (Å²) in [5.74, 6) is -0.335. The van der Waals surface area contributed by atoms with E-state index in [9.17, 15) is 4.79 Å². The largest absolute Gasteiger partial charge is 0.298 e. The Balaban J connectivity index is 1.81. The maximum Gasteiger partial charge on any atom is 0.260 e. The van der Waals surface area contributed by atoms with Crippen LogP contribution in [0.5, 0.6) is 0 Å². The van der Waals surface area contributed by atoms with Gasteiger partial charge in [0, 0.05) is 6.20 Å². The van der Waals surface area contributed by atoms with Gasteiger partial charge in [0.2, 0.25) is 5.71 Å². The Kier molecular flexibility index (Phi) is 4.78. The summed E-state index contributed by atoms with van der Waals surface area (Å²) in [4.78, 5) is 24.5. The number of hydrogen-bond acceptors (Lipinski definition) is 9. The highest BCUT2D eigenvalue weighted by atomic mass is 32.1. The highest BCUT2D eigenvalue weighted by molar-refractivity contribution is 7.22. The van der Waals surface area contributed by atoms with Crippen molar-refractivity contribution in [1.29, 1.82) is 10.5 Å². The molecule has 3 aromatic rings. The molecule has 1 aromatic carbocycles. The van der Waals surface area contributed by atoms with Gasteiger partial charge in [-0.1, -0.05) is 11.3 Å². The van der Waals surface area contributed by atoms with Crippen LogP contribution in [-0.2, 0) is 0 Å². The van der Waals surface area contributed by atoms with Gasteiger partial charge in [0.1, 0.15) is 18.5 Å². The molecule has 0 aliphatic heterocycles. The molecule has 1 amide bonds. The molecule has 0 saturated heterocycles. The molecule has 2 aromatic heterocycles. The first-order valence-corrected chi connectivity index (χ1v) is 8.05. The fourth-order valence-corrected chi connectivity index (χ4v) is 2.92. The molecule has 2 N–H and O–H groups in total. The molecule has 2 heterocycles. The Labute approximate surface area is 151 Å². The van der Waals surface area contributed by atoms with Crippen LogP contribution in [0.1, 0.15) is 16.1 Å². The number of hydrogen-bond donors (Lipinski definition) is 2. The van der Waals surface area contributed by atoms with E-state index in [1.54, 1.807) is 37.3 Å². The van der Waals surface area contributed by atoms with Crippen LogP contribution < -0.4 is 10.7 Å². The lowest BCUT2D eigenvalue weighted by Gasteiger charge is -2.02. The summed E-state index contributed by atoms with van der Waals surface area (Å²) >= 11 is 1.28. The van der Waals surface area contributed by atoms with Crippen molar-refractivity contribution in [3.05, 3.63) is 42.0 Å². The van der Waals surface area contributed by atoms with Gasteiger partial charge in [0.05, 0.1) is 27.2 Å². The number of rotatable bonds is 4. The summed E-state index contributed by atoms with van der Waals surface area (Å²) < 4.78 is 0.803. The quantitative estimate of drug-likeness (QED) is 0.536. The maximum atomic E-state index is 12.3. The zero-order valence-electron chi connectivity index (χ0n) is 13.4. The summed E-state index contributed by atoms with van der Waals surface area (Å²) in [6, 6.07) is 8.54. The zero-order chi connectivity index (χ0) is 18.5. The van der Waals surface area contributed by atoms with Crippen molar-refractivity contribution < 1.29 is 4.79 Å². The Morgan fingerprint density at radius 3 is 2.85 bits per heavy atom. The minimum Gasteiger partial charge on any atom is -0.298 e. The lowest BCUT2D eigenvalue weighted by atomic mass is 10.2. The molecule has 0 atom stereocenters. The fraction of sp³-hybridized carbons (Fsp3) is 0.0625. The van der Waals surface area contributed by atoms with Crippen molar-refractivity contribution in [3.63, 3.8) is 0 Å². The van der Waals surface area contributed by atoms with Crippen molar-refractivity contribution in [1.82, 2.24) is 15.0 Å². The predicted molar refractivity (Wildman–Crippen MR) is 96.6 cm³/mol. The van der Waals surface area contributed by atoms with Crippen LogP contribution in [0, 0.1) is 29.6 Å². The molecule has 0 spiro atoms. The number of carbonyl (C=O) groups is 1. The molecule has 0 aliphatic rings. The summed E-state index contributed by atoms with van der Waals surface area (Å²) in [5.41, 5.74) is 4.61. The molecule has 0 radical (unpaired) electrons. The van der Waals surface area contributed by atoms with Gasteiger partial charge in [-0.15, -0.1) is 0 Å². The molecule has 3 rings (SSSR count). The van der Waals surface area contributed by atoms with Crippen LogP contribution >= 0.6 is 11.3 Å². The van der Waals surface area contributed by atoms with E-state index in [4.69, 9.17) is 10.5 Å². The third-order valence-corrected chi connectivity index (χ3v) is 4.21. The number of carbonyl (C=O) groups excluding carboxylic acids is 1. The van der Waals surface area contributed by atoms with E-state index in [1.165, 1.54) is 23.9 Å². The molecular weight excluding hydrogens is 352 g/mol. The smallest absolute Gasteiger partial charge is 0.260 e. The van der Waals surface area contributed by atoms with Crippen molar-refractivity contribution in [2.45, 2.75) is 6.92 Å². The van der Waals surface area contributed by atoms with Gasteiger partial charge in [0.25, 0.3) is 5.91 Å². The maximum absolute atomic E-state index is 12.3. The van der Waals surface area contributed by atoms with Crippen molar-refractivity contribution in [2.24, 2.45) is 5.10 Å². The van der Waals surface area contributed by atoms with Crippen LogP contribution in [-0.4, -0.2) is 26.6 Å². The number of nitriles is 2. The molecule has 0 aliphatic carbocycles. The Morgan fingerprint density at radius 2 is 2.12 bits per heavy atom. The van der Waals surface area contributed by atoms with Gasteiger partial charge in [-0.25, -0.2) is 15.0 Å². The van der Waals surface area contributed by atoms with Crippen LogP contribution in [0.15, 0.2) is 35.8 Å². The minimum atomic E-state index is -0.335. The number of aryl methyl sites for hydroxylation is 1. The Hall–Kier alpha value is -3.89. The van der Waals surface area contributed by atoms with Gasteiger partial charge in [-0.3, -0.25) is 15.5 Å². The fourth-order valence-electron chi connectivity index (χ4n) is 2.02. The number of nitrogens with zero attached hydrogens (tertiary/aromatic N) is 6. The number of aromatic nitrogens is 3. The molecule has 10 heteroatoms. The molecule has 0 fully saturated rings. The predicted octanol–water partition coefficient (Wildman–Crippen LogP) is 2.46. The average Bonchev–Trinajstić information content (AvgIpc) is 3.04. The van der Waals surface area contributed by atoms with E-state index in [0.29, 0.717) is 27.6 Å². The second kappa shape index (κ2) is 7.34. The highest BCUT2D eigenvalue weighted by Gasteiger charge is 2.13. The standard InChI is InChI=1S/C16H10N8OS/c1-9-12(7-19-8-20-9)15(25)22-16-21-13-3-2-10(4-14(13)26-16)23-24-11(5-17)6-18/h2-4,7-8,23H,1H3,(H,21,22,25). The number of nitrogens with one attached hydrogen (secondary N) is 2. The highest BCUT2D eigenvalue weighted by Crippen LogP contribution is 2.28. The third kappa shape index (κ3) is 3.61. The van der Waals surface area contributed by atoms with Crippen molar-refractivity contribution in [2.75, 3.05) is 10.7 Å². The summed E-state index contributed by atoms with van der Waals surface area (Å²) in [6.07, 6.45) is 2.83. The molecular formula is C16H10N8OS. The number of benzene rings is 1. The van der Waals surface area contributed by atoms with E-state index in [-0.39, 0.29) is 11.6 Å². The number of amides is 1. The lowest BCUT2D eigenvalue weighted by molar-refractivity contribution is 0.102. The summed E-state index contributed by atoms with van der Waals surface area (Å²) in [5, 5.41) is 24.2. The Morgan fingerprint density at radius 1 is 1.31 bits per heavy atom. The number of thiazole rings is 1. The second-order valence-electron chi connectivity index (χ2n) is 4.97. The van der Waals surface area contributed by atoms with E-state index >= 15 is 0 Å². The molecule has 126 valence electrons. The van der Waals surface area contributed by atoms with Crippen LogP contribution in [0.25, 0.3) is 10.2 Å². The molecule has 9 nitrogen and oxygen atoms in total. The van der Waals surface area contributed by atoms with Gasteiger partial charge >= 0.3 is 0 Å². The minimum absolute atomic E-state index is 0.275. The first-order valence-electron chi connectivity index (χ1n) is 7.23. The summed E-state index contributed by atoms with van der Waals surface area (Å²) in [6.45, 7) is 1.73. The average molecular weight is 362 g/mol. The van der Waals surface area contributed by atoms with Crippen molar-refractivity contribution in [3.8, 4) is 12.1 Å². The van der Waals surface area contributed by atoms with Gasteiger partial charge in [0.15, 0.2) is 5.13 Å². The van der Waals surface area contributed by atoms with E-state index in [0.717, 1.165) is 4.70 Å². The molecule has 26 heavy (non-hydrogen) atoms. The number of anilines is 2. The van der Waals surface area contributed by atoms with E-state index < -0.39 is 0 Å². The third-order valence-electron chi connectivity index (χ3n) is 3.27. The van der Waals surface area contributed by atoms with Crippen LogP contribution in [0.3, 0.4) is 0 Å². The lowest BCUT2D eigenvalue weighted by Crippen LogP contribution is -2.14. The topological polar surface area (TPSA) is 140 Å². The first-order chi connectivity index (χ1) is 12.6. The van der Waals surface area contributed by atoms with Gasteiger partial charge in [-0.2, -0.15) is 15.6 Å². The molecule has 0 saturated carbocycles. The monoisotopic (exact) mass is 362 g/mol. The van der Waals surface area contributed by atoms with Gasteiger partial charge < -0.3 is 0 Å². The summed E-state index contributed by atoms with van der Waals surface area (Å²) in [7, 11) is 0. The normalized spacial score (nSPS) is 9.81.